The summed E-state index contributed by atoms with van der Waals surface area (Å²) in [6, 6.07) is 0.263. The van der Waals surface area contributed by atoms with Crippen molar-refractivity contribution in [2.45, 2.75) is 39.7 Å². The van der Waals surface area contributed by atoms with Gasteiger partial charge < -0.3 is 5.73 Å². The van der Waals surface area contributed by atoms with Crippen LogP contribution in [0.4, 0.5) is 0 Å². The van der Waals surface area contributed by atoms with Gasteiger partial charge in [0.2, 0.25) is 5.96 Å². The lowest BCUT2D eigenvalue weighted by Gasteiger charge is -2.63. The molecule has 0 heterocycles. The van der Waals surface area contributed by atoms with Gasteiger partial charge in [-0.1, -0.05) is 20.8 Å². The number of hydrazine groups is 1. The Balaban J connectivity index is 2.12. The predicted molar refractivity (Wildman–Crippen MR) is 60.9 cm³/mol. The maximum Gasteiger partial charge on any atom is 0.203 e. The lowest BCUT2D eigenvalue weighted by molar-refractivity contribution is -0.129. The summed E-state index contributed by atoms with van der Waals surface area (Å²) in [5.41, 5.74) is 5.91. The summed E-state index contributed by atoms with van der Waals surface area (Å²) >= 11 is 0. The molecule has 2 bridgehead atoms. The molecule has 0 aromatic heterocycles. The predicted octanol–water partition coefficient (Wildman–Crippen LogP) is 1.13. The van der Waals surface area contributed by atoms with Gasteiger partial charge in [-0.05, 0) is 36.0 Å². The molecule has 4 nitrogen and oxygen atoms in total. The van der Waals surface area contributed by atoms with Crippen molar-refractivity contribution in [2.75, 3.05) is 0 Å². The average molecular weight is 210 g/mol. The highest BCUT2D eigenvalue weighted by Crippen LogP contribution is 2.61. The lowest BCUT2D eigenvalue weighted by Crippen LogP contribution is -2.63. The summed E-state index contributed by atoms with van der Waals surface area (Å²) in [6.45, 7) is 6.95. The molecular formula is C11H22N4. The van der Waals surface area contributed by atoms with E-state index in [0.29, 0.717) is 11.3 Å². The maximum absolute atomic E-state index is 7.38. The minimum absolute atomic E-state index is 0.00837. The van der Waals surface area contributed by atoms with Gasteiger partial charge >= 0.3 is 0 Å². The molecule has 4 atom stereocenters. The molecule has 5 N–H and O–H groups in total. The first-order chi connectivity index (χ1) is 6.85. The van der Waals surface area contributed by atoms with Gasteiger partial charge in [0.1, 0.15) is 0 Å². The van der Waals surface area contributed by atoms with E-state index in [2.05, 4.69) is 20.8 Å². The third-order valence-electron chi connectivity index (χ3n) is 4.95. The Bertz CT molecular complexity index is 286. The van der Waals surface area contributed by atoms with Crippen molar-refractivity contribution in [2.24, 2.45) is 34.7 Å². The van der Waals surface area contributed by atoms with Crippen LogP contribution < -0.4 is 11.6 Å². The fourth-order valence-corrected chi connectivity index (χ4v) is 3.67. The summed E-state index contributed by atoms with van der Waals surface area (Å²) in [6.07, 6.45) is 2.41. The molecule has 86 valence electrons. The summed E-state index contributed by atoms with van der Waals surface area (Å²) in [5, 5.41) is 8.84. The molecule has 4 heteroatoms. The Labute approximate surface area is 91.5 Å². The smallest absolute Gasteiger partial charge is 0.203 e. The van der Waals surface area contributed by atoms with E-state index in [9.17, 15) is 0 Å². The van der Waals surface area contributed by atoms with Crippen LogP contribution in [0.5, 0.6) is 0 Å². The molecule has 0 aromatic carbocycles. The highest BCUT2D eigenvalue weighted by Gasteiger charge is 2.57. The zero-order valence-corrected chi connectivity index (χ0v) is 9.83. The van der Waals surface area contributed by atoms with Crippen molar-refractivity contribution in [3.63, 3.8) is 0 Å². The average Bonchev–Trinajstić information content (AvgIpc) is 2.15. The number of hydrogen-bond acceptors (Lipinski definition) is 2. The third kappa shape index (κ3) is 1.34. The topological polar surface area (TPSA) is 79.1 Å². The Morgan fingerprint density at radius 3 is 2.40 bits per heavy atom. The second kappa shape index (κ2) is 3.11. The van der Waals surface area contributed by atoms with E-state index in [1.807, 2.05) is 0 Å². The van der Waals surface area contributed by atoms with Gasteiger partial charge in [-0.15, -0.1) is 0 Å². The molecule has 0 saturated heterocycles. The second-order valence-electron chi connectivity index (χ2n) is 5.82. The quantitative estimate of drug-likeness (QED) is 0.263. The van der Waals surface area contributed by atoms with E-state index in [4.69, 9.17) is 17.0 Å². The van der Waals surface area contributed by atoms with E-state index in [0.717, 1.165) is 18.3 Å². The van der Waals surface area contributed by atoms with Crippen LogP contribution in [-0.2, 0) is 0 Å². The number of fused-ring (bicyclic) bond motifs is 2. The molecule has 0 radical (unpaired) electrons. The Kier molecular flexibility index (Phi) is 2.23. The molecule has 3 aliphatic rings. The normalized spacial score (nSPS) is 41.9. The molecule has 0 unspecified atom stereocenters. The SMILES string of the molecule is C[C@@H]1[C@@H](N(N)C(=N)N)C[C@H]2C[C@@H]1C2(C)C. The number of nitrogens with two attached hydrogens (primary N) is 2. The van der Waals surface area contributed by atoms with Gasteiger partial charge in [0, 0.05) is 0 Å². The molecule has 0 spiro atoms. The van der Waals surface area contributed by atoms with E-state index in [-0.39, 0.29) is 12.0 Å². The monoisotopic (exact) mass is 210 g/mol. The van der Waals surface area contributed by atoms with Crippen LogP contribution in [0, 0.1) is 28.6 Å². The van der Waals surface area contributed by atoms with Crippen LogP contribution in [0.25, 0.3) is 0 Å². The molecule has 3 saturated carbocycles. The number of nitrogens with one attached hydrogen (secondary N) is 1. The third-order valence-corrected chi connectivity index (χ3v) is 4.95. The van der Waals surface area contributed by atoms with Gasteiger partial charge in [-0.3, -0.25) is 10.4 Å². The van der Waals surface area contributed by atoms with E-state index < -0.39 is 0 Å². The highest BCUT2D eigenvalue weighted by molar-refractivity contribution is 5.74. The zero-order chi connectivity index (χ0) is 11.4. The number of guanidine groups is 1. The molecule has 0 aliphatic heterocycles. The minimum Gasteiger partial charge on any atom is -0.369 e. The Hall–Kier alpha value is -0.770. The van der Waals surface area contributed by atoms with E-state index >= 15 is 0 Å². The molecular weight excluding hydrogens is 188 g/mol. The molecule has 0 amide bonds. The number of hydrogen-bond donors (Lipinski definition) is 3. The van der Waals surface area contributed by atoms with Gasteiger partial charge in [0.15, 0.2) is 0 Å². The van der Waals surface area contributed by atoms with Gasteiger partial charge in [0.05, 0.1) is 6.04 Å². The second-order valence-corrected chi connectivity index (χ2v) is 5.82. The van der Waals surface area contributed by atoms with Gasteiger partial charge in [0.25, 0.3) is 0 Å². The Morgan fingerprint density at radius 1 is 1.40 bits per heavy atom. The molecule has 3 rings (SSSR count). The fraction of sp³-hybridized carbons (Fsp3) is 0.909. The van der Waals surface area contributed by atoms with Crippen LogP contribution >= 0.6 is 0 Å². The van der Waals surface area contributed by atoms with Crippen LogP contribution in [0.3, 0.4) is 0 Å². The molecule has 15 heavy (non-hydrogen) atoms. The van der Waals surface area contributed by atoms with Crippen molar-refractivity contribution in [1.82, 2.24) is 5.01 Å². The summed E-state index contributed by atoms with van der Waals surface area (Å²) in [7, 11) is 0. The van der Waals surface area contributed by atoms with Crippen molar-refractivity contribution in [3.05, 3.63) is 0 Å². The largest absolute Gasteiger partial charge is 0.369 e. The van der Waals surface area contributed by atoms with E-state index in [1.54, 1.807) is 0 Å². The molecule has 0 aromatic rings. The van der Waals surface area contributed by atoms with Gasteiger partial charge in [-0.25, -0.2) is 5.84 Å². The van der Waals surface area contributed by atoms with E-state index in [1.165, 1.54) is 11.4 Å². The summed E-state index contributed by atoms with van der Waals surface area (Å²) in [5.74, 6) is 7.87. The van der Waals surface area contributed by atoms with Crippen molar-refractivity contribution >= 4 is 5.96 Å². The molecule has 3 fully saturated rings. The zero-order valence-electron chi connectivity index (χ0n) is 9.83. The first-order valence-electron chi connectivity index (χ1n) is 5.73. The van der Waals surface area contributed by atoms with Crippen LogP contribution in [0.15, 0.2) is 0 Å². The van der Waals surface area contributed by atoms with Crippen molar-refractivity contribution in [3.8, 4) is 0 Å². The van der Waals surface area contributed by atoms with Gasteiger partial charge in [-0.2, -0.15) is 0 Å². The van der Waals surface area contributed by atoms with Crippen LogP contribution in [0.2, 0.25) is 0 Å². The molecule has 3 aliphatic carbocycles. The number of nitrogens with zero attached hydrogens (tertiary/aromatic N) is 1. The highest BCUT2D eigenvalue weighted by atomic mass is 15.5. The van der Waals surface area contributed by atoms with Crippen LogP contribution in [-0.4, -0.2) is 17.0 Å². The first-order valence-corrected chi connectivity index (χ1v) is 5.73. The lowest BCUT2D eigenvalue weighted by atomic mass is 9.44. The van der Waals surface area contributed by atoms with Crippen molar-refractivity contribution < 1.29 is 0 Å². The number of rotatable bonds is 1. The van der Waals surface area contributed by atoms with Crippen molar-refractivity contribution in [1.29, 1.82) is 5.41 Å². The minimum atomic E-state index is -0.00837. The first kappa shape index (κ1) is 10.7. The summed E-state index contributed by atoms with van der Waals surface area (Å²) < 4.78 is 0. The standard InChI is InChI=1S/C11H22N4/c1-6-8-4-7(11(8,2)3)5-9(6)15(14)10(12)13/h6-9H,4-5,14H2,1-3H3,(H3,12,13)/t6-,7+,8-,9-/m0/s1. The summed E-state index contributed by atoms with van der Waals surface area (Å²) in [4.78, 5) is 0. The maximum atomic E-state index is 7.38. The van der Waals surface area contributed by atoms with Crippen LogP contribution in [0.1, 0.15) is 33.6 Å². The Morgan fingerprint density at radius 2 is 2.00 bits per heavy atom. The fourth-order valence-electron chi connectivity index (χ4n) is 3.67.